The highest BCUT2D eigenvalue weighted by molar-refractivity contribution is 4.67. The van der Waals surface area contributed by atoms with Crippen LogP contribution in [0.25, 0.3) is 0 Å². The largest absolute Gasteiger partial charge is 0.371 e. The standard InChI is InChI=1S/C11H22O3/c1-2-3-4-5-6-7-11(12)14-9-10-8-13-10/h10-12H,2-9H2,1H3. The molecule has 1 saturated heterocycles. The molecule has 0 saturated carbocycles. The molecule has 1 fully saturated rings. The van der Waals surface area contributed by atoms with Gasteiger partial charge in [0.2, 0.25) is 0 Å². The molecule has 1 rings (SSSR count). The second kappa shape index (κ2) is 7.21. The molecule has 1 aliphatic rings. The van der Waals surface area contributed by atoms with E-state index in [1.54, 1.807) is 0 Å². The third-order valence-corrected chi connectivity index (χ3v) is 2.43. The average Bonchev–Trinajstić information content (AvgIpc) is 2.98. The maximum Gasteiger partial charge on any atom is 0.154 e. The van der Waals surface area contributed by atoms with Gasteiger partial charge in [0.05, 0.1) is 13.2 Å². The summed E-state index contributed by atoms with van der Waals surface area (Å²) in [5.74, 6) is 0. The van der Waals surface area contributed by atoms with Crippen molar-refractivity contribution in [2.75, 3.05) is 13.2 Å². The first-order valence-corrected chi connectivity index (χ1v) is 5.74. The topological polar surface area (TPSA) is 42.0 Å². The van der Waals surface area contributed by atoms with Crippen LogP contribution in [0, 0.1) is 0 Å². The van der Waals surface area contributed by atoms with Crippen molar-refractivity contribution in [3.63, 3.8) is 0 Å². The normalized spacial score (nSPS) is 22.3. The van der Waals surface area contributed by atoms with Crippen molar-refractivity contribution in [3.8, 4) is 0 Å². The number of aliphatic hydroxyl groups excluding tert-OH is 1. The van der Waals surface area contributed by atoms with E-state index in [0.29, 0.717) is 6.61 Å². The number of aliphatic hydroxyl groups is 1. The molecule has 0 aromatic heterocycles. The summed E-state index contributed by atoms with van der Waals surface area (Å²) in [6.45, 7) is 3.55. The molecule has 3 heteroatoms. The molecule has 1 aliphatic heterocycles. The van der Waals surface area contributed by atoms with Gasteiger partial charge < -0.3 is 14.6 Å². The molecular weight excluding hydrogens is 180 g/mol. The zero-order valence-electron chi connectivity index (χ0n) is 9.08. The third kappa shape index (κ3) is 6.35. The molecular formula is C11H22O3. The van der Waals surface area contributed by atoms with Crippen LogP contribution in [0.1, 0.15) is 45.4 Å². The van der Waals surface area contributed by atoms with E-state index in [1.807, 2.05) is 0 Å². The Hall–Kier alpha value is -0.120. The number of ether oxygens (including phenoxy) is 2. The highest BCUT2D eigenvalue weighted by atomic mass is 16.6. The first-order chi connectivity index (χ1) is 6.83. The number of epoxide rings is 1. The van der Waals surface area contributed by atoms with Crippen LogP contribution in [0.15, 0.2) is 0 Å². The van der Waals surface area contributed by atoms with Crippen molar-refractivity contribution < 1.29 is 14.6 Å². The molecule has 0 aliphatic carbocycles. The summed E-state index contributed by atoms with van der Waals surface area (Å²) in [4.78, 5) is 0. The zero-order valence-corrected chi connectivity index (χ0v) is 9.08. The van der Waals surface area contributed by atoms with Gasteiger partial charge in [-0.05, 0) is 12.8 Å². The predicted octanol–water partition coefficient (Wildman–Crippen LogP) is 2.08. The fraction of sp³-hybridized carbons (Fsp3) is 1.00. The van der Waals surface area contributed by atoms with Gasteiger partial charge in [-0.2, -0.15) is 0 Å². The van der Waals surface area contributed by atoms with Crippen molar-refractivity contribution in [3.05, 3.63) is 0 Å². The molecule has 3 nitrogen and oxygen atoms in total. The summed E-state index contributed by atoms with van der Waals surface area (Å²) in [5.41, 5.74) is 0. The molecule has 1 heterocycles. The number of rotatable bonds is 9. The summed E-state index contributed by atoms with van der Waals surface area (Å²) in [5, 5.41) is 9.40. The summed E-state index contributed by atoms with van der Waals surface area (Å²) in [6.07, 6.45) is 6.53. The van der Waals surface area contributed by atoms with Crippen molar-refractivity contribution in [1.29, 1.82) is 0 Å². The van der Waals surface area contributed by atoms with E-state index in [4.69, 9.17) is 9.47 Å². The van der Waals surface area contributed by atoms with E-state index in [2.05, 4.69) is 6.92 Å². The van der Waals surface area contributed by atoms with E-state index < -0.39 is 6.29 Å². The lowest BCUT2D eigenvalue weighted by Gasteiger charge is -2.10. The Morgan fingerprint density at radius 3 is 2.71 bits per heavy atom. The Morgan fingerprint density at radius 2 is 2.07 bits per heavy atom. The van der Waals surface area contributed by atoms with E-state index >= 15 is 0 Å². The average molecular weight is 202 g/mol. The van der Waals surface area contributed by atoms with Crippen molar-refractivity contribution in [1.82, 2.24) is 0 Å². The zero-order chi connectivity index (χ0) is 10.2. The van der Waals surface area contributed by atoms with Gasteiger partial charge in [-0.1, -0.05) is 32.6 Å². The van der Waals surface area contributed by atoms with Gasteiger partial charge in [0.1, 0.15) is 6.10 Å². The molecule has 0 spiro atoms. The Labute approximate surface area is 86.4 Å². The molecule has 14 heavy (non-hydrogen) atoms. The van der Waals surface area contributed by atoms with E-state index in [-0.39, 0.29) is 6.10 Å². The van der Waals surface area contributed by atoms with Gasteiger partial charge in [0, 0.05) is 0 Å². The van der Waals surface area contributed by atoms with Gasteiger partial charge in [0.25, 0.3) is 0 Å². The molecule has 2 atom stereocenters. The lowest BCUT2D eigenvalue weighted by atomic mass is 10.1. The van der Waals surface area contributed by atoms with Crippen molar-refractivity contribution in [2.45, 2.75) is 57.8 Å². The minimum atomic E-state index is -0.583. The summed E-state index contributed by atoms with van der Waals surface area (Å²) in [6, 6.07) is 0. The van der Waals surface area contributed by atoms with Crippen LogP contribution in [0.2, 0.25) is 0 Å². The van der Waals surface area contributed by atoms with Crippen LogP contribution in [0.3, 0.4) is 0 Å². The minimum absolute atomic E-state index is 0.254. The van der Waals surface area contributed by atoms with Crippen LogP contribution in [0.4, 0.5) is 0 Å². The van der Waals surface area contributed by atoms with Crippen LogP contribution in [-0.4, -0.2) is 30.7 Å². The van der Waals surface area contributed by atoms with Gasteiger partial charge in [0.15, 0.2) is 6.29 Å². The molecule has 0 amide bonds. The first-order valence-electron chi connectivity index (χ1n) is 5.74. The fourth-order valence-electron chi connectivity index (χ4n) is 1.39. The molecule has 1 N–H and O–H groups in total. The van der Waals surface area contributed by atoms with Crippen LogP contribution >= 0.6 is 0 Å². The van der Waals surface area contributed by atoms with Crippen LogP contribution < -0.4 is 0 Å². The summed E-state index contributed by atoms with van der Waals surface area (Å²) in [7, 11) is 0. The lowest BCUT2D eigenvalue weighted by Crippen LogP contribution is -2.15. The molecule has 2 unspecified atom stereocenters. The van der Waals surface area contributed by atoms with E-state index in [1.165, 1.54) is 25.7 Å². The summed E-state index contributed by atoms with van der Waals surface area (Å²) < 4.78 is 10.2. The van der Waals surface area contributed by atoms with Crippen molar-refractivity contribution >= 4 is 0 Å². The molecule has 0 aromatic carbocycles. The van der Waals surface area contributed by atoms with Gasteiger partial charge in [-0.25, -0.2) is 0 Å². The highest BCUT2D eigenvalue weighted by Crippen LogP contribution is 2.12. The Morgan fingerprint density at radius 1 is 1.36 bits per heavy atom. The lowest BCUT2D eigenvalue weighted by molar-refractivity contribution is -0.107. The number of hydrogen-bond donors (Lipinski definition) is 1. The minimum Gasteiger partial charge on any atom is -0.371 e. The Kier molecular flexibility index (Phi) is 6.15. The molecule has 84 valence electrons. The fourth-order valence-corrected chi connectivity index (χ4v) is 1.39. The number of hydrogen-bond acceptors (Lipinski definition) is 3. The molecule has 0 radical (unpaired) electrons. The van der Waals surface area contributed by atoms with Crippen LogP contribution in [0.5, 0.6) is 0 Å². The third-order valence-electron chi connectivity index (χ3n) is 2.43. The second-order valence-corrected chi connectivity index (χ2v) is 3.95. The van der Waals surface area contributed by atoms with Gasteiger partial charge >= 0.3 is 0 Å². The van der Waals surface area contributed by atoms with Gasteiger partial charge in [-0.15, -0.1) is 0 Å². The smallest absolute Gasteiger partial charge is 0.154 e. The van der Waals surface area contributed by atoms with Crippen LogP contribution in [-0.2, 0) is 9.47 Å². The first kappa shape index (κ1) is 12.0. The summed E-state index contributed by atoms with van der Waals surface area (Å²) >= 11 is 0. The SMILES string of the molecule is CCCCCCCC(O)OCC1CO1. The van der Waals surface area contributed by atoms with Crippen molar-refractivity contribution in [2.24, 2.45) is 0 Å². The Bertz CT molecular complexity index is 134. The number of unbranched alkanes of at least 4 members (excludes halogenated alkanes) is 4. The maximum absolute atomic E-state index is 9.40. The highest BCUT2D eigenvalue weighted by Gasteiger charge is 2.23. The second-order valence-electron chi connectivity index (χ2n) is 3.95. The molecule has 0 aromatic rings. The predicted molar refractivity (Wildman–Crippen MR) is 55.1 cm³/mol. The van der Waals surface area contributed by atoms with Gasteiger partial charge in [-0.3, -0.25) is 0 Å². The quantitative estimate of drug-likeness (QED) is 0.353. The Balaban J connectivity index is 1.79. The molecule has 0 bridgehead atoms. The monoisotopic (exact) mass is 202 g/mol. The van der Waals surface area contributed by atoms with E-state index in [0.717, 1.165) is 19.4 Å². The van der Waals surface area contributed by atoms with E-state index in [9.17, 15) is 5.11 Å². The maximum atomic E-state index is 9.40.